The van der Waals surface area contributed by atoms with Gasteiger partial charge in [-0.1, -0.05) is 0 Å². The van der Waals surface area contributed by atoms with Crippen molar-refractivity contribution in [1.29, 1.82) is 0 Å². The number of amides is 1. The number of carbonyl (C=O) groups is 1. The summed E-state index contributed by atoms with van der Waals surface area (Å²) in [5, 5.41) is 0. The molecule has 0 aromatic carbocycles. The molecule has 3 heteroatoms. The van der Waals surface area contributed by atoms with Crippen LogP contribution in [0, 0.1) is 6.42 Å². The van der Waals surface area contributed by atoms with E-state index in [1.165, 1.54) is 0 Å². The van der Waals surface area contributed by atoms with Crippen molar-refractivity contribution in [3.05, 3.63) is 6.42 Å². The Morgan fingerprint density at radius 3 is 2.56 bits per heavy atom. The Morgan fingerprint density at radius 2 is 2.22 bits per heavy atom. The first-order valence-corrected chi connectivity index (χ1v) is 2.87. The molecule has 0 rings (SSSR count). The molecule has 0 aromatic heterocycles. The van der Waals surface area contributed by atoms with E-state index in [-0.39, 0.29) is 5.91 Å². The molecule has 2 N–H and O–H groups in total. The van der Waals surface area contributed by atoms with Crippen LogP contribution < -0.4 is 5.73 Å². The van der Waals surface area contributed by atoms with Gasteiger partial charge in [0.2, 0.25) is 5.91 Å². The van der Waals surface area contributed by atoms with Gasteiger partial charge in [-0.15, -0.1) is 0 Å². The predicted molar refractivity (Wildman–Crippen MR) is 36.7 cm³/mol. The Bertz CT molecular complexity index is 91.1. The summed E-state index contributed by atoms with van der Waals surface area (Å²) in [5.74, 6) is -0.267. The Balaban J connectivity index is 3.01. The van der Waals surface area contributed by atoms with E-state index in [2.05, 4.69) is 0 Å². The van der Waals surface area contributed by atoms with Gasteiger partial charge in [0.25, 0.3) is 0 Å². The molecule has 1 amide bonds. The van der Waals surface area contributed by atoms with Crippen LogP contribution in [0.5, 0.6) is 0 Å². The van der Waals surface area contributed by atoms with Gasteiger partial charge < -0.3 is 10.6 Å². The number of hydrogen-bond donors (Lipinski definition) is 1. The van der Waals surface area contributed by atoms with Crippen LogP contribution in [-0.4, -0.2) is 31.4 Å². The average Bonchev–Trinajstić information content (AvgIpc) is 1.63. The van der Waals surface area contributed by atoms with Crippen LogP contribution >= 0.6 is 0 Å². The highest BCUT2D eigenvalue weighted by atomic mass is 16.1. The molecule has 0 bridgehead atoms. The zero-order valence-electron chi connectivity index (χ0n) is 5.92. The molecular weight excluding hydrogens is 116 g/mol. The molecular formula is C6H13N2O. The van der Waals surface area contributed by atoms with Crippen molar-refractivity contribution in [2.75, 3.05) is 20.6 Å². The first kappa shape index (κ1) is 8.43. The van der Waals surface area contributed by atoms with Crippen LogP contribution in [0.3, 0.4) is 0 Å². The number of nitrogens with two attached hydrogens (primary N) is 1. The maximum absolute atomic E-state index is 10.2. The quantitative estimate of drug-likeness (QED) is 0.563. The lowest BCUT2D eigenvalue weighted by atomic mass is 10.3. The second-order valence-corrected chi connectivity index (χ2v) is 2.22. The van der Waals surface area contributed by atoms with E-state index < -0.39 is 0 Å². The van der Waals surface area contributed by atoms with Gasteiger partial charge in [0.15, 0.2) is 0 Å². The lowest BCUT2D eigenvalue weighted by Crippen LogP contribution is -2.17. The largest absolute Gasteiger partial charge is 0.370 e. The molecule has 9 heavy (non-hydrogen) atoms. The van der Waals surface area contributed by atoms with Crippen molar-refractivity contribution >= 4 is 5.91 Å². The van der Waals surface area contributed by atoms with Crippen molar-refractivity contribution in [3.8, 4) is 0 Å². The highest BCUT2D eigenvalue weighted by Crippen LogP contribution is 1.86. The number of rotatable bonds is 4. The van der Waals surface area contributed by atoms with E-state index in [0.29, 0.717) is 6.42 Å². The van der Waals surface area contributed by atoms with E-state index in [1.54, 1.807) is 0 Å². The zero-order chi connectivity index (χ0) is 7.28. The predicted octanol–water partition coefficient (Wildman–Crippen LogP) is -0.372. The molecule has 1 radical (unpaired) electrons. The molecule has 53 valence electrons. The smallest absolute Gasteiger partial charge is 0.217 e. The monoisotopic (exact) mass is 129 g/mol. The number of primary amides is 1. The number of carbonyl (C=O) groups excluding carboxylic acids is 1. The topological polar surface area (TPSA) is 46.3 Å². The first-order valence-electron chi connectivity index (χ1n) is 2.87. The fourth-order valence-corrected chi connectivity index (χ4v) is 0.465. The molecule has 0 spiro atoms. The van der Waals surface area contributed by atoms with Gasteiger partial charge in [-0.25, -0.2) is 0 Å². The second kappa shape index (κ2) is 4.32. The standard InChI is InChI=1S/C6H13N2O/c1-8(2)5-3-4-6(7)9/h3H,4-5H2,1-2H3,(H2,7,9). The molecule has 0 unspecified atom stereocenters. The van der Waals surface area contributed by atoms with Crippen LogP contribution in [0.1, 0.15) is 6.42 Å². The molecule has 0 heterocycles. The summed E-state index contributed by atoms with van der Waals surface area (Å²) >= 11 is 0. The first-order chi connectivity index (χ1) is 4.13. The van der Waals surface area contributed by atoms with Gasteiger partial charge in [0.05, 0.1) is 0 Å². The van der Waals surface area contributed by atoms with Gasteiger partial charge in [-0.05, 0) is 20.5 Å². The highest BCUT2D eigenvalue weighted by molar-refractivity contribution is 5.74. The van der Waals surface area contributed by atoms with E-state index >= 15 is 0 Å². The minimum atomic E-state index is -0.267. The van der Waals surface area contributed by atoms with Crippen molar-refractivity contribution in [1.82, 2.24) is 4.90 Å². The van der Waals surface area contributed by atoms with Gasteiger partial charge in [0, 0.05) is 13.0 Å². The van der Waals surface area contributed by atoms with Gasteiger partial charge in [-0.3, -0.25) is 4.79 Å². The fourth-order valence-electron chi connectivity index (χ4n) is 0.465. The summed E-state index contributed by atoms with van der Waals surface area (Å²) in [6.07, 6.45) is 2.22. The maximum Gasteiger partial charge on any atom is 0.217 e. The third-order valence-electron chi connectivity index (χ3n) is 0.840. The van der Waals surface area contributed by atoms with Crippen molar-refractivity contribution in [2.24, 2.45) is 5.73 Å². The molecule has 0 aliphatic carbocycles. The van der Waals surface area contributed by atoms with Crippen LogP contribution in [-0.2, 0) is 4.79 Å². The van der Waals surface area contributed by atoms with E-state index in [1.807, 2.05) is 25.4 Å². The maximum atomic E-state index is 10.2. The van der Waals surface area contributed by atoms with E-state index in [4.69, 9.17) is 5.73 Å². The normalized spacial score (nSPS) is 10.1. The minimum Gasteiger partial charge on any atom is -0.370 e. The van der Waals surface area contributed by atoms with Crippen LogP contribution in [0.15, 0.2) is 0 Å². The molecule has 0 fully saturated rings. The molecule has 0 saturated carbocycles. The third kappa shape index (κ3) is 7.43. The van der Waals surface area contributed by atoms with E-state index in [9.17, 15) is 4.79 Å². The van der Waals surface area contributed by atoms with Gasteiger partial charge in [-0.2, -0.15) is 0 Å². The van der Waals surface area contributed by atoms with E-state index in [0.717, 1.165) is 6.54 Å². The Hall–Kier alpha value is -0.570. The zero-order valence-corrected chi connectivity index (χ0v) is 5.92. The van der Waals surface area contributed by atoms with Crippen LogP contribution in [0.25, 0.3) is 0 Å². The van der Waals surface area contributed by atoms with Crippen molar-refractivity contribution in [2.45, 2.75) is 6.42 Å². The Kier molecular flexibility index (Phi) is 4.05. The van der Waals surface area contributed by atoms with Crippen molar-refractivity contribution in [3.63, 3.8) is 0 Å². The third-order valence-corrected chi connectivity index (χ3v) is 0.840. The van der Waals surface area contributed by atoms with Crippen LogP contribution in [0.4, 0.5) is 0 Å². The van der Waals surface area contributed by atoms with Gasteiger partial charge in [0.1, 0.15) is 0 Å². The summed E-state index contributed by atoms with van der Waals surface area (Å²) < 4.78 is 0. The SMILES string of the molecule is CN(C)C[CH]CC(N)=O. The summed E-state index contributed by atoms with van der Waals surface area (Å²) in [7, 11) is 3.88. The summed E-state index contributed by atoms with van der Waals surface area (Å²) in [4.78, 5) is 12.1. The van der Waals surface area contributed by atoms with Crippen molar-refractivity contribution < 1.29 is 4.79 Å². The number of nitrogens with zero attached hydrogens (tertiary/aromatic N) is 1. The molecule has 0 saturated heterocycles. The highest BCUT2D eigenvalue weighted by Gasteiger charge is 1.94. The molecule has 0 aliphatic rings. The Morgan fingerprint density at radius 1 is 1.67 bits per heavy atom. The molecule has 3 nitrogen and oxygen atoms in total. The summed E-state index contributed by atoms with van der Waals surface area (Å²) in [5.41, 5.74) is 4.89. The lowest BCUT2D eigenvalue weighted by molar-refractivity contribution is -0.117. The fraction of sp³-hybridized carbons (Fsp3) is 0.667. The average molecular weight is 129 g/mol. The lowest BCUT2D eigenvalue weighted by Gasteiger charge is -2.06. The number of hydrogen-bond acceptors (Lipinski definition) is 2. The molecule has 0 aromatic rings. The molecule has 0 atom stereocenters. The van der Waals surface area contributed by atoms with Gasteiger partial charge >= 0.3 is 0 Å². The second-order valence-electron chi connectivity index (χ2n) is 2.22. The van der Waals surface area contributed by atoms with Crippen LogP contribution in [0.2, 0.25) is 0 Å². The summed E-state index contributed by atoms with van der Waals surface area (Å²) in [6, 6.07) is 0. The molecule has 0 aliphatic heterocycles. The minimum absolute atomic E-state index is 0.267. The Labute approximate surface area is 55.8 Å². The summed E-state index contributed by atoms with van der Waals surface area (Å²) in [6.45, 7) is 0.808.